The minimum atomic E-state index is -4.59. The van der Waals surface area contributed by atoms with E-state index in [0.29, 0.717) is 6.54 Å². The van der Waals surface area contributed by atoms with E-state index in [1.807, 2.05) is 37.3 Å². The zero-order valence-corrected chi connectivity index (χ0v) is 14.3. The maximum Gasteiger partial charge on any atom is 0.418 e. The molecule has 0 radical (unpaired) electrons. The Morgan fingerprint density at radius 1 is 1.16 bits per heavy atom. The van der Waals surface area contributed by atoms with E-state index in [9.17, 15) is 18.0 Å². The van der Waals surface area contributed by atoms with Crippen LogP contribution < -0.4 is 10.6 Å². The third-order valence-electron chi connectivity index (χ3n) is 3.66. The van der Waals surface area contributed by atoms with E-state index >= 15 is 0 Å². The summed E-state index contributed by atoms with van der Waals surface area (Å²) in [5.74, 6) is -0.499. The number of hydrogen-bond donors (Lipinski definition) is 2. The number of benzene rings is 2. The molecule has 0 saturated heterocycles. The second-order valence-corrected chi connectivity index (χ2v) is 6.01. The number of nitrogens with one attached hydrogen (secondary N) is 2. The lowest BCUT2D eigenvalue weighted by Gasteiger charge is -2.16. The Bertz CT molecular complexity index is 720. The summed E-state index contributed by atoms with van der Waals surface area (Å²) in [6.07, 6.45) is -4.54. The van der Waals surface area contributed by atoms with Crippen molar-refractivity contribution in [3.05, 3.63) is 64.7 Å². The molecule has 2 aromatic carbocycles. The average Bonchev–Trinajstić information content (AvgIpc) is 2.56. The van der Waals surface area contributed by atoms with Crippen LogP contribution in [0.1, 0.15) is 30.5 Å². The fourth-order valence-corrected chi connectivity index (χ4v) is 2.51. The number of alkyl halides is 3. The summed E-state index contributed by atoms with van der Waals surface area (Å²) in [4.78, 5) is 11.9. The van der Waals surface area contributed by atoms with Crippen LogP contribution in [0.4, 0.5) is 18.9 Å². The van der Waals surface area contributed by atoms with Gasteiger partial charge in [-0.1, -0.05) is 41.9 Å². The number of halogens is 4. The summed E-state index contributed by atoms with van der Waals surface area (Å²) in [7, 11) is 0. The van der Waals surface area contributed by atoms with Crippen molar-refractivity contribution < 1.29 is 18.0 Å². The van der Waals surface area contributed by atoms with Gasteiger partial charge in [0.1, 0.15) is 0 Å². The maximum absolute atomic E-state index is 13.0. The van der Waals surface area contributed by atoms with Crippen molar-refractivity contribution in [2.75, 3.05) is 11.9 Å². The average molecular weight is 371 g/mol. The van der Waals surface area contributed by atoms with Crippen LogP contribution in [0, 0.1) is 0 Å². The van der Waals surface area contributed by atoms with Crippen molar-refractivity contribution in [2.24, 2.45) is 0 Å². The van der Waals surface area contributed by atoms with Crippen molar-refractivity contribution in [3.63, 3.8) is 0 Å². The first kappa shape index (κ1) is 19.3. The first-order chi connectivity index (χ1) is 11.8. The molecule has 0 aromatic heterocycles. The van der Waals surface area contributed by atoms with Gasteiger partial charge in [-0.05, 0) is 30.7 Å². The Morgan fingerprint density at radius 3 is 2.48 bits per heavy atom. The topological polar surface area (TPSA) is 41.1 Å². The Kier molecular flexibility index (Phi) is 6.45. The molecule has 3 nitrogen and oxygen atoms in total. The van der Waals surface area contributed by atoms with E-state index in [2.05, 4.69) is 10.6 Å². The van der Waals surface area contributed by atoms with Crippen molar-refractivity contribution in [1.29, 1.82) is 0 Å². The Balaban J connectivity index is 1.91. The summed E-state index contributed by atoms with van der Waals surface area (Å²) in [6, 6.07) is 13.0. The summed E-state index contributed by atoms with van der Waals surface area (Å²) < 4.78 is 39.0. The lowest BCUT2D eigenvalue weighted by atomic mass is 10.1. The van der Waals surface area contributed by atoms with Crippen LogP contribution in [0.5, 0.6) is 0 Å². The summed E-state index contributed by atoms with van der Waals surface area (Å²) in [5.41, 5.74) is -0.183. The molecule has 0 aliphatic rings. The lowest BCUT2D eigenvalue weighted by molar-refractivity contribution is -0.137. The number of carbonyl (C=O) groups excluding carboxylic acids is 1. The van der Waals surface area contributed by atoms with Crippen molar-refractivity contribution in [3.8, 4) is 0 Å². The number of carbonyl (C=O) groups is 1. The summed E-state index contributed by atoms with van der Waals surface area (Å²) in [5, 5.41) is 5.43. The van der Waals surface area contributed by atoms with Crippen LogP contribution in [-0.2, 0) is 11.0 Å². The predicted molar refractivity (Wildman–Crippen MR) is 92.6 cm³/mol. The van der Waals surface area contributed by atoms with Crippen LogP contribution in [0.25, 0.3) is 0 Å². The molecule has 0 aliphatic carbocycles. The van der Waals surface area contributed by atoms with E-state index in [1.165, 1.54) is 6.07 Å². The molecule has 2 N–H and O–H groups in total. The molecule has 7 heteroatoms. The predicted octanol–water partition coefficient (Wildman–Crippen LogP) is 5.04. The quantitative estimate of drug-likeness (QED) is 0.748. The molecule has 1 atom stereocenters. The number of rotatable bonds is 6. The molecule has 0 spiro atoms. The summed E-state index contributed by atoms with van der Waals surface area (Å²) >= 11 is 5.61. The SMILES string of the molecule is CC(NCCC(=O)Nc1ccc(Cl)cc1C(F)(F)F)c1ccccc1. The van der Waals surface area contributed by atoms with E-state index < -0.39 is 17.6 Å². The van der Waals surface area contributed by atoms with Gasteiger partial charge in [-0.3, -0.25) is 4.79 Å². The van der Waals surface area contributed by atoms with E-state index in [-0.39, 0.29) is 23.2 Å². The van der Waals surface area contributed by atoms with Crippen LogP contribution in [-0.4, -0.2) is 12.5 Å². The molecular weight excluding hydrogens is 353 g/mol. The van der Waals surface area contributed by atoms with Gasteiger partial charge in [-0.2, -0.15) is 13.2 Å². The van der Waals surface area contributed by atoms with Gasteiger partial charge in [-0.25, -0.2) is 0 Å². The highest BCUT2D eigenvalue weighted by Gasteiger charge is 2.34. The molecule has 2 aromatic rings. The standard InChI is InChI=1S/C18H18ClF3N2O/c1-12(13-5-3-2-4-6-13)23-10-9-17(25)24-16-8-7-14(19)11-15(16)18(20,21)22/h2-8,11-12,23H,9-10H2,1H3,(H,24,25). The first-order valence-electron chi connectivity index (χ1n) is 7.72. The van der Waals surface area contributed by atoms with Gasteiger partial charge < -0.3 is 10.6 Å². The fraction of sp³-hybridized carbons (Fsp3) is 0.278. The van der Waals surface area contributed by atoms with Crippen LogP contribution >= 0.6 is 11.6 Å². The molecule has 0 fully saturated rings. The molecule has 134 valence electrons. The van der Waals surface area contributed by atoms with E-state index in [1.54, 1.807) is 0 Å². The van der Waals surface area contributed by atoms with Gasteiger partial charge in [0.05, 0.1) is 11.3 Å². The Hall–Kier alpha value is -2.05. The Labute approximate surface area is 149 Å². The van der Waals surface area contributed by atoms with Crippen molar-refractivity contribution >= 4 is 23.2 Å². The van der Waals surface area contributed by atoms with Gasteiger partial charge in [0.2, 0.25) is 5.91 Å². The number of anilines is 1. The van der Waals surface area contributed by atoms with Crippen LogP contribution in [0.15, 0.2) is 48.5 Å². The van der Waals surface area contributed by atoms with Gasteiger partial charge in [0, 0.05) is 24.0 Å². The minimum absolute atomic E-state index is 0.0373. The highest BCUT2D eigenvalue weighted by Crippen LogP contribution is 2.36. The minimum Gasteiger partial charge on any atom is -0.325 e. The van der Waals surface area contributed by atoms with Crippen LogP contribution in [0.2, 0.25) is 5.02 Å². The zero-order valence-electron chi connectivity index (χ0n) is 13.5. The number of hydrogen-bond acceptors (Lipinski definition) is 2. The lowest BCUT2D eigenvalue weighted by Crippen LogP contribution is -2.25. The summed E-state index contributed by atoms with van der Waals surface area (Å²) in [6.45, 7) is 2.30. The number of amides is 1. The maximum atomic E-state index is 13.0. The fourth-order valence-electron chi connectivity index (χ4n) is 2.33. The molecule has 0 aliphatic heterocycles. The highest BCUT2D eigenvalue weighted by molar-refractivity contribution is 6.30. The smallest absolute Gasteiger partial charge is 0.325 e. The molecular formula is C18H18ClF3N2O. The zero-order chi connectivity index (χ0) is 18.4. The van der Waals surface area contributed by atoms with Gasteiger partial charge in [-0.15, -0.1) is 0 Å². The van der Waals surface area contributed by atoms with E-state index in [0.717, 1.165) is 17.7 Å². The molecule has 1 unspecified atom stereocenters. The molecule has 0 heterocycles. The first-order valence-corrected chi connectivity index (χ1v) is 8.10. The normalized spacial score (nSPS) is 12.7. The third kappa shape index (κ3) is 5.76. The van der Waals surface area contributed by atoms with Gasteiger partial charge >= 0.3 is 6.18 Å². The molecule has 1 amide bonds. The molecule has 0 bridgehead atoms. The van der Waals surface area contributed by atoms with E-state index in [4.69, 9.17) is 11.6 Å². The largest absolute Gasteiger partial charge is 0.418 e. The highest BCUT2D eigenvalue weighted by atomic mass is 35.5. The van der Waals surface area contributed by atoms with Crippen molar-refractivity contribution in [2.45, 2.75) is 25.6 Å². The molecule has 25 heavy (non-hydrogen) atoms. The second-order valence-electron chi connectivity index (χ2n) is 5.57. The van der Waals surface area contributed by atoms with Gasteiger partial charge in [0.25, 0.3) is 0 Å². The van der Waals surface area contributed by atoms with Crippen molar-refractivity contribution in [1.82, 2.24) is 5.32 Å². The monoisotopic (exact) mass is 370 g/mol. The van der Waals surface area contributed by atoms with Gasteiger partial charge in [0.15, 0.2) is 0 Å². The molecule has 0 saturated carbocycles. The Morgan fingerprint density at radius 2 is 1.84 bits per heavy atom. The molecule has 2 rings (SSSR count). The third-order valence-corrected chi connectivity index (χ3v) is 3.90. The second kappa shape index (κ2) is 8.36. The van der Waals surface area contributed by atoms with Crippen LogP contribution in [0.3, 0.4) is 0 Å².